The van der Waals surface area contributed by atoms with Gasteiger partial charge in [0, 0.05) is 19.6 Å². The maximum absolute atomic E-state index is 12.1. The normalized spacial score (nSPS) is 17.3. The molecule has 1 N–H and O–H groups in total. The van der Waals surface area contributed by atoms with Crippen LogP contribution in [-0.2, 0) is 11.2 Å². The van der Waals surface area contributed by atoms with Crippen LogP contribution >= 0.6 is 0 Å². The van der Waals surface area contributed by atoms with Crippen LogP contribution in [0.3, 0.4) is 0 Å². The highest BCUT2D eigenvalue weighted by molar-refractivity contribution is 5.78. The van der Waals surface area contributed by atoms with Crippen LogP contribution in [0, 0.1) is 0 Å². The zero-order valence-corrected chi connectivity index (χ0v) is 10.2. The molecular weight excluding hydrogens is 212 g/mol. The van der Waals surface area contributed by atoms with E-state index in [0.717, 1.165) is 44.6 Å². The number of hydrogen-bond donors (Lipinski definition) is 1. The molecule has 0 unspecified atom stereocenters. The van der Waals surface area contributed by atoms with Crippen molar-refractivity contribution in [3.8, 4) is 0 Å². The van der Waals surface area contributed by atoms with Gasteiger partial charge in [0.05, 0.1) is 6.42 Å². The fraction of sp³-hybridized carbons (Fsp3) is 0.500. The zero-order valence-electron chi connectivity index (χ0n) is 10.2. The number of amides is 1. The minimum Gasteiger partial charge on any atom is -0.341 e. The van der Waals surface area contributed by atoms with Gasteiger partial charge in [-0.25, -0.2) is 0 Å². The van der Waals surface area contributed by atoms with Crippen molar-refractivity contribution in [1.82, 2.24) is 10.2 Å². The molecule has 0 bridgehead atoms. The standard InChI is InChI=1S/C14H20N2O/c17-14(12-13-6-2-1-3-7-13)16-10-5-4-8-15-9-11-16/h1-3,6-7,15H,4-5,8-12H2. The number of benzene rings is 1. The molecule has 1 aromatic carbocycles. The molecule has 0 radical (unpaired) electrons. The third-order valence-corrected chi connectivity index (χ3v) is 3.14. The molecule has 17 heavy (non-hydrogen) atoms. The minimum absolute atomic E-state index is 0.250. The molecule has 1 fully saturated rings. The van der Waals surface area contributed by atoms with E-state index in [9.17, 15) is 4.79 Å². The van der Waals surface area contributed by atoms with Crippen molar-refractivity contribution in [2.45, 2.75) is 19.3 Å². The van der Waals surface area contributed by atoms with Crippen LogP contribution in [0.4, 0.5) is 0 Å². The number of nitrogens with zero attached hydrogens (tertiary/aromatic N) is 1. The van der Waals surface area contributed by atoms with Crippen LogP contribution in [0.2, 0.25) is 0 Å². The van der Waals surface area contributed by atoms with E-state index in [1.807, 2.05) is 35.2 Å². The van der Waals surface area contributed by atoms with Crippen molar-refractivity contribution in [3.05, 3.63) is 35.9 Å². The summed E-state index contributed by atoms with van der Waals surface area (Å²) in [6, 6.07) is 9.98. The molecule has 3 nitrogen and oxygen atoms in total. The molecule has 3 heteroatoms. The van der Waals surface area contributed by atoms with Crippen LogP contribution in [0.15, 0.2) is 30.3 Å². The Bertz CT molecular complexity index is 342. The van der Waals surface area contributed by atoms with Crippen LogP contribution in [0.5, 0.6) is 0 Å². The van der Waals surface area contributed by atoms with Gasteiger partial charge in [0.15, 0.2) is 0 Å². The van der Waals surface area contributed by atoms with Crippen molar-refractivity contribution in [2.75, 3.05) is 26.2 Å². The second-order valence-corrected chi connectivity index (χ2v) is 4.50. The summed E-state index contributed by atoms with van der Waals surface area (Å²) < 4.78 is 0. The predicted molar refractivity (Wildman–Crippen MR) is 68.8 cm³/mol. The third-order valence-electron chi connectivity index (χ3n) is 3.14. The number of nitrogens with one attached hydrogen (secondary N) is 1. The zero-order chi connectivity index (χ0) is 11.9. The fourth-order valence-electron chi connectivity index (χ4n) is 2.14. The Morgan fingerprint density at radius 3 is 2.76 bits per heavy atom. The first-order valence-electron chi connectivity index (χ1n) is 6.39. The molecule has 2 rings (SSSR count). The molecule has 0 atom stereocenters. The van der Waals surface area contributed by atoms with Gasteiger partial charge in [0.1, 0.15) is 0 Å². The maximum atomic E-state index is 12.1. The first kappa shape index (κ1) is 12.1. The van der Waals surface area contributed by atoms with Crippen molar-refractivity contribution in [1.29, 1.82) is 0 Å². The first-order valence-corrected chi connectivity index (χ1v) is 6.39. The van der Waals surface area contributed by atoms with Gasteiger partial charge in [-0.15, -0.1) is 0 Å². The second-order valence-electron chi connectivity index (χ2n) is 4.50. The minimum atomic E-state index is 0.250. The molecule has 1 saturated heterocycles. The summed E-state index contributed by atoms with van der Waals surface area (Å²) in [4.78, 5) is 14.1. The second kappa shape index (κ2) is 6.40. The topological polar surface area (TPSA) is 32.3 Å². The van der Waals surface area contributed by atoms with Crippen molar-refractivity contribution < 1.29 is 4.79 Å². The SMILES string of the molecule is O=C(Cc1ccccc1)N1CCCCNCC1. The van der Waals surface area contributed by atoms with Gasteiger partial charge in [0.25, 0.3) is 0 Å². The third kappa shape index (κ3) is 3.86. The average Bonchev–Trinajstić information content (AvgIpc) is 2.29. The number of rotatable bonds is 2. The summed E-state index contributed by atoms with van der Waals surface area (Å²) in [6.45, 7) is 3.75. The summed E-state index contributed by atoms with van der Waals surface area (Å²) in [6.07, 6.45) is 2.80. The summed E-state index contributed by atoms with van der Waals surface area (Å²) in [5, 5.41) is 3.34. The van der Waals surface area contributed by atoms with E-state index in [0.29, 0.717) is 6.42 Å². The van der Waals surface area contributed by atoms with E-state index >= 15 is 0 Å². The molecule has 1 aromatic rings. The van der Waals surface area contributed by atoms with E-state index in [2.05, 4.69) is 5.32 Å². The largest absolute Gasteiger partial charge is 0.341 e. The predicted octanol–water partition coefficient (Wildman–Crippen LogP) is 1.44. The molecule has 1 heterocycles. The summed E-state index contributed by atoms with van der Waals surface area (Å²) in [5.74, 6) is 0.250. The highest BCUT2D eigenvalue weighted by atomic mass is 16.2. The smallest absolute Gasteiger partial charge is 0.227 e. The van der Waals surface area contributed by atoms with Gasteiger partial charge in [-0.05, 0) is 24.9 Å². The van der Waals surface area contributed by atoms with Crippen LogP contribution in [0.1, 0.15) is 18.4 Å². The first-order chi connectivity index (χ1) is 8.36. The highest BCUT2D eigenvalue weighted by Crippen LogP contribution is 2.05. The Hall–Kier alpha value is -1.35. The Kier molecular flexibility index (Phi) is 4.56. The fourth-order valence-corrected chi connectivity index (χ4v) is 2.14. The quantitative estimate of drug-likeness (QED) is 0.837. The van der Waals surface area contributed by atoms with E-state index in [1.165, 1.54) is 0 Å². The Morgan fingerprint density at radius 2 is 1.94 bits per heavy atom. The Balaban J connectivity index is 1.89. The summed E-state index contributed by atoms with van der Waals surface area (Å²) in [5.41, 5.74) is 1.10. The lowest BCUT2D eigenvalue weighted by Gasteiger charge is -2.25. The molecule has 1 aliphatic heterocycles. The average molecular weight is 232 g/mol. The Morgan fingerprint density at radius 1 is 1.12 bits per heavy atom. The lowest BCUT2D eigenvalue weighted by atomic mass is 10.1. The van der Waals surface area contributed by atoms with Gasteiger partial charge in [-0.3, -0.25) is 4.79 Å². The molecule has 1 amide bonds. The number of hydrogen-bond acceptors (Lipinski definition) is 2. The Labute approximate surface area is 103 Å². The lowest BCUT2D eigenvalue weighted by molar-refractivity contribution is -0.130. The van der Waals surface area contributed by atoms with Gasteiger partial charge in [-0.1, -0.05) is 30.3 Å². The monoisotopic (exact) mass is 232 g/mol. The summed E-state index contributed by atoms with van der Waals surface area (Å²) in [7, 11) is 0. The molecule has 92 valence electrons. The van der Waals surface area contributed by atoms with Gasteiger partial charge in [0.2, 0.25) is 5.91 Å². The number of carbonyl (C=O) groups excluding carboxylic acids is 1. The molecule has 0 aromatic heterocycles. The highest BCUT2D eigenvalue weighted by Gasteiger charge is 2.14. The van der Waals surface area contributed by atoms with Crippen molar-refractivity contribution in [3.63, 3.8) is 0 Å². The molecule has 1 aliphatic rings. The lowest BCUT2D eigenvalue weighted by Crippen LogP contribution is -2.40. The van der Waals surface area contributed by atoms with Crippen LogP contribution < -0.4 is 5.32 Å². The maximum Gasteiger partial charge on any atom is 0.227 e. The van der Waals surface area contributed by atoms with Crippen molar-refractivity contribution in [2.24, 2.45) is 0 Å². The van der Waals surface area contributed by atoms with Gasteiger partial charge in [-0.2, -0.15) is 0 Å². The number of carbonyl (C=O) groups is 1. The van der Waals surface area contributed by atoms with Gasteiger partial charge < -0.3 is 10.2 Å². The van der Waals surface area contributed by atoms with Gasteiger partial charge >= 0.3 is 0 Å². The van der Waals surface area contributed by atoms with Crippen molar-refractivity contribution >= 4 is 5.91 Å². The van der Waals surface area contributed by atoms with E-state index in [4.69, 9.17) is 0 Å². The van der Waals surface area contributed by atoms with Crippen LogP contribution in [-0.4, -0.2) is 37.0 Å². The van der Waals surface area contributed by atoms with E-state index in [-0.39, 0.29) is 5.91 Å². The van der Waals surface area contributed by atoms with E-state index < -0.39 is 0 Å². The molecule has 0 aliphatic carbocycles. The molecular formula is C14H20N2O. The molecule has 0 spiro atoms. The van der Waals surface area contributed by atoms with Crippen LogP contribution in [0.25, 0.3) is 0 Å². The van der Waals surface area contributed by atoms with E-state index in [1.54, 1.807) is 0 Å². The summed E-state index contributed by atoms with van der Waals surface area (Å²) >= 11 is 0. The molecule has 0 saturated carbocycles.